The molecule has 0 N–H and O–H groups in total. The van der Waals surface area contributed by atoms with Crippen molar-refractivity contribution in [3.63, 3.8) is 0 Å². The lowest BCUT2D eigenvalue weighted by Gasteiger charge is -2.23. The molecular weight excluding hydrogens is 344 g/mol. The number of hydrogen-bond donors (Lipinski definition) is 0. The quantitative estimate of drug-likeness (QED) is 0.827. The van der Waals surface area contributed by atoms with Crippen LogP contribution in [0.4, 0.5) is 0 Å². The minimum atomic E-state index is -0.131. The molecule has 0 radical (unpaired) electrons. The zero-order chi connectivity index (χ0) is 19.4. The molecule has 144 valence electrons. The van der Waals surface area contributed by atoms with Gasteiger partial charge in [0, 0.05) is 26.2 Å². The SMILES string of the molecule is COc1ccc(C(C)C)cc1C(=O)N1CCCN(C(=O)c2ccco2)CC1. The largest absolute Gasteiger partial charge is 0.496 e. The fourth-order valence-electron chi connectivity index (χ4n) is 3.30. The smallest absolute Gasteiger partial charge is 0.289 e. The predicted molar refractivity (Wildman–Crippen MR) is 102 cm³/mol. The Morgan fingerprint density at radius 2 is 1.74 bits per heavy atom. The molecule has 1 aromatic carbocycles. The van der Waals surface area contributed by atoms with E-state index in [0.29, 0.717) is 49.2 Å². The molecule has 27 heavy (non-hydrogen) atoms. The van der Waals surface area contributed by atoms with Gasteiger partial charge in [0.1, 0.15) is 5.75 Å². The number of furan rings is 1. The third-order valence-electron chi connectivity index (χ3n) is 4.92. The van der Waals surface area contributed by atoms with Gasteiger partial charge in [0.05, 0.1) is 18.9 Å². The fraction of sp³-hybridized carbons (Fsp3) is 0.429. The van der Waals surface area contributed by atoms with E-state index < -0.39 is 0 Å². The van der Waals surface area contributed by atoms with Gasteiger partial charge in [-0.25, -0.2) is 0 Å². The van der Waals surface area contributed by atoms with E-state index in [9.17, 15) is 9.59 Å². The lowest BCUT2D eigenvalue weighted by Crippen LogP contribution is -2.37. The number of rotatable bonds is 4. The van der Waals surface area contributed by atoms with Crippen molar-refractivity contribution in [3.05, 3.63) is 53.5 Å². The summed E-state index contributed by atoms with van der Waals surface area (Å²) in [5, 5.41) is 0. The fourth-order valence-corrected chi connectivity index (χ4v) is 3.30. The van der Waals surface area contributed by atoms with Gasteiger partial charge < -0.3 is 19.0 Å². The Kier molecular flexibility index (Phi) is 5.84. The summed E-state index contributed by atoms with van der Waals surface area (Å²) in [6.45, 7) is 6.38. The average molecular weight is 370 g/mol. The van der Waals surface area contributed by atoms with E-state index in [-0.39, 0.29) is 11.8 Å². The van der Waals surface area contributed by atoms with E-state index in [1.807, 2.05) is 18.2 Å². The molecule has 2 aromatic rings. The van der Waals surface area contributed by atoms with Crippen LogP contribution in [0.2, 0.25) is 0 Å². The molecule has 0 aliphatic carbocycles. The third-order valence-corrected chi connectivity index (χ3v) is 4.92. The van der Waals surface area contributed by atoms with E-state index in [1.54, 1.807) is 29.0 Å². The molecule has 0 atom stereocenters. The Morgan fingerprint density at radius 1 is 1.04 bits per heavy atom. The predicted octanol–water partition coefficient (Wildman–Crippen LogP) is 3.40. The molecule has 1 aromatic heterocycles. The van der Waals surface area contributed by atoms with E-state index in [0.717, 1.165) is 12.0 Å². The van der Waals surface area contributed by atoms with Crippen LogP contribution in [0.1, 0.15) is 52.7 Å². The minimum Gasteiger partial charge on any atom is -0.496 e. The molecule has 0 unspecified atom stereocenters. The monoisotopic (exact) mass is 370 g/mol. The van der Waals surface area contributed by atoms with Crippen LogP contribution in [-0.2, 0) is 0 Å². The molecule has 6 nitrogen and oxygen atoms in total. The first-order valence-electron chi connectivity index (χ1n) is 9.31. The average Bonchev–Trinajstić information content (AvgIpc) is 3.11. The van der Waals surface area contributed by atoms with Gasteiger partial charge in [-0.2, -0.15) is 0 Å². The Balaban J connectivity index is 1.74. The van der Waals surface area contributed by atoms with Crippen LogP contribution in [0.15, 0.2) is 41.0 Å². The molecule has 1 saturated heterocycles. The van der Waals surface area contributed by atoms with E-state index >= 15 is 0 Å². The lowest BCUT2D eigenvalue weighted by atomic mass is 9.99. The van der Waals surface area contributed by atoms with E-state index in [4.69, 9.17) is 9.15 Å². The van der Waals surface area contributed by atoms with Crippen molar-refractivity contribution < 1.29 is 18.7 Å². The zero-order valence-electron chi connectivity index (χ0n) is 16.1. The number of carbonyl (C=O) groups excluding carboxylic acids is 2. The van der Waals surface area contributed by atoms with Crippen molar-refractivity contribution in [2.45, 2.75) is 26.2 Å². The maximum atomic E-state index is 13.1. The number of benzene rings is 1. The van der Waals surface area contributed by atoms with Crippen molar-refractivity contribution in [2.75, 3.05) is 33.3 Å². The van der Waals surface area contributed by atoms with Crippen LogP contribution in [0.3, 0.4) is 0 Å². The van der Waals surface area contributed by atoms with Gasteiger partial charge in [-0.15, -0.1) is 0 Å². The highest BCUT2D eigenvalue weighted by molar-refractivity contribution is 5.97. The summed E-state index contributed by atoms with van der Waals surface area (Å²) in [5.74, 6) is 1.06. The Hall–Kier alpha value is -2.76. The number of methoxy groups -OCH3 is 1. The molecule has 1 fully saturated rings. The van der Waals surface area contributed by atoms with Crippen LogP contribution in [0.5, 0.6) is 5.75 Å². The molecule has 1 aliphatic heterocycles. The van der Waals surface area contributed by atoms with Crippen LogP contribution in [0, 0.1) is 0 Å². The van der Waals surface area contributed by atoms with Gasteiger partial charge in [-0.1, -0.05) is 19.9 Å². The van der Waals surface area contributed by atoms with E-state index in [1.165, 1.54) is 6.26 Å². The molecular formula is C21H26N2O4. The molecule has 0 bridgehead atoms. The topological polar surface area (TPSA) is 63.0 Å². The second-order valence-corrected chi connectivity index (χ2v) is 7.03. The van der Waals surface area contributed by atoms with Gasteiger partial charge in [0.2, 0.25) is 0 Å². The van der Waals surface area contributed by atoms with Crippen LogP contribution in [-0.4, -0.2) is 54.9 Å². The number of nitrogens with zero attached hydrogens (tertiary/aromatic N) is 2. The summed E-state index contributed by atoms with van der Waals surface area (Å²) in [5.41, 5.74) is 1.68. The maximum absolute atomic E-state index is 13.1. The standard InChI is InChI=1S/C21H26N2O4/c1-15(2)16-7-8-18(26-3)17(14-16)20(24)22-9-5-10-23(12-11-22)21(25)19-6-4-13-27-19/h4,6-8,13-15H,5,9-12H2,1-3H3. The maximum Gasteiger partial charge on any atom is 0.289 e. The first-order chi connectivity index (χ1) is 13.0. The van der Waals surface area contributed by atoms with Gasteiger partial charge >= 0.3 is 0 Å². The number of ether oxygens (including phenoxy) is 1. The normalized spacial score (nSPS) is 15.0. The second-order valence-electron chi connectivity index (χ2n) is 7.03. The van der Waals surface area contributed by atoms with Crippen molar-refractivity contribution >= 4 is 11.8 Å². The van der Waals surface area contributed by atoms with Gasteiger partial charge in [-0.3, -0.25) is 9.59 Å². The van der Waals surface area contributed by atoms with Gasteiger partial charge in [0.15, 0.2) is 5.76 Å². The third kappa shape index (κ3) is 4.15. The zero-order valence-corrected chi connectivity index (χ0v) is 16.1. The summed E-state index contributed by atoms with van der Waals surface area (Å²) in [6.07, 6.45) is 2.22. The lowest BCUT2D eigenvalue weighted by molar-refractivity contribution is 0.0699. The van der Waals surface area contributed by atoms with Crippen molar-refractivity contribution in [1.82, 2.24) is 9.80 Å². The van der Waals surface area contributed by atoms with Gasteiger partial charge in [-0.05, 0) is 42.2 Å². The first-order valence-corrected chi connectivity index (χ1v) is 9.31. The molecule has 0 spiro atoms. The highest BCUT2D eigenvalue weighted by atomic mass is 16.5. The number of hydrogen-bond acceptors (Lipinski definition) is 4. The van der Waals surface area contributed by atoms with Crippen LogP contribution < -0.4 is 4.74 Å². The Morgan fingerprint density at radius 3 is 2.33 bits per heavy atom. The van der Waals surface area contributed by atoms with E-state index in [2.05, 4.69) is 13.8 Å². The molecule has 3 rings (SSSR count). The summed E-state index contributed by atoms with van der Waals surface area (Å²) >= 11 is 0. The molecule has 2 amide bonds. The highest BCUT2D eigenvalue weighted by Crippen LogP contribution is 2.26. The molecule has 2 heterocycles. The van der Waals surface area contributed by atoms with Gasteiger partial charge in [0.25, 0.3) is 11.8 Å². The van der Waals surface area contributed by atoms with Crippen LogP contribution >= 0.6 is 0 Å². The molecule has 1 aliphatic rings. The highest BCUT2D eigenvalue weighted by Gasteiger charge is 2.26. The summed E-state index contributed by atoms with van der Waals surface area (Å²) < 4.78 is 10.6. The summed E-state index contributed by atoms with van der Waals surface area (Å²) in [6, 6.07) is 9.13. The second kappa shape index (κ2) is 8.29. The van der Waals surface area contributed by atoms with Crippen molar-refractivity contribution in [3.8, 4) is 5.75 Å². The van der Waals surface area contributed by atoms with Crippen molar-refractivity contribution in [2.24, 2.45) is 0 Å². The minimum absolute atomic E-state index is 0.0540. The Bertz CT molecular complexity index is 799. The van der Waals surface area contributed by atoms with Crippen LogP contribution in [0.25, 0.3) is 0 Å². The summed E-state index contributed by atoms with van der Waals surface area (Å²) in [7, 11) is 1.58. The number of carbonyl (C=O) groups is 2. The number of amides is 2. The Labute approximate surface area is 159 Å². The molecule has 0 saturated carbocycles. The first kappa shape index (κ1) is 19.0. The molecule has 6 heteroatoms. The van der Waals surface area contributed by atoms with Crippen molar-refractivity contribution in [1.29, 1.82) is 0 Å². The summed E-state index contributed by atoms with van der Waals surface area (Å²) in [4.78, 5) is 29.2.